The molecule has 1 saturated heterocycles. The van der Waals surface area contributed by atoms with Gasteiger partial charge in [-0.25, -0.2) is 0 Å². The topological polar surface area (TPSA) is 26.0 Å². The molecule has 1 aliphatic heterocycles. The van der Waals surface area contributed by atoms with E-state index < -0.39 is 0 Å². The highest BCUT2D eigenvalue weighted by atomic mass is 32.2. The van der Waals surface area contributed by atoms with Gasteiger partial charge in [-0.05, 0) is 30.9 Å². The number of thioether (sulfide) groups is 1. The van der Waals surface area contributed by atoms with E-state index in [2.05, 4.69) is 25.6 Å². The summed E-state index contributed by atoms with van der Waals surface area (Å²) < 4.78 is 0.453. The van der Waals surface area contributed by atoms with Crippen LogP contribution in [0.4, 0.5) is 0 Å². The summed E-state index contributed by atoms with van der Waals surface area (Å²) in [5, 5.41) is 0. The smallest absolute Gasteiger partial charge is 0.0285 e. The maximum absolute atomic E-state index is 5.89. The van der Waals surface area contributed by atoms with Crippen LogP contribution >= 0.6 is 11.8 Å². The fourth-order valence-corrected chi connectivity index (χ4v) is 3.92. The molecule has 0 aromatic heterocycles. The molecule has 0 aromatic rings. The molecule has 0 amide bonds. The van der Waals surface area contributed by atoms with E-state index >= 15 is 0 Å². The molecule has 2 heteroatoms. The summed E-state index contributed by atoms with van der Waals surface area (Å²) >= 11 is 2.12. The van der Waals surface area contributed by atoms with Crippen LogP contribution < -0.4 is 5.73 Å². The fraction of sp³-hybridized carbons (Fsp3) is 1.00. The van der Waals surface area contributed by atoms with Crippen LogP contribution in [0.3, 0.4) is 0 Å². The summed E-state index contributed by atoms with van der Waals surface area (Å²) in [6.45, 7) is 5.53. The monoisotopic (exact) mass is 201 g/mol. The molecule has 2 unspecified atom stereocenters. The molecule has 0 saturated carbocycles. The van der Waals surface area contributed by atoms with Crippen molar-refractivity contribution in [2.24, 2.45) is 11.7 Å². The predicted molar refractivity (Wildman–Crippen MR) is 62.2 cm³/mol. The summed E-state index contributed by atoms with van der Waals surface area (Å²) in [5.41, 5.74) is 5.89. The standard InChI is InChI=1S/C11H23NS/c1-3-5-10(2)8-11(9-12)6-4-7-13-11/h10H,3-9,12H2,1-2H3. The van der Waals surface area contributed by atoms with Crippen LogP contribution in [0.1, 0.15) is 46.0 Å². The Kier molecular flexibility index (Phi) is 4.60. The van der Waals surface area contributed by atoms with Crippen LogP contribution in [-0.2, 0) is 0 Å². The molecule has 0 spiro atoms. The van der Waals surface area contributed by atoms with Gasteiger partial charge < -0.3 is 5.73 Å². The Bertz CT molecular complexity index is 141. The second kappa shape index (κ2) is 5.26. The number of rotatable bonds is 5. The SMILES string of the molecule is CCCC(C)CC1(CN)CCCS1. The van der Waals surface area contributed by atoms with E-state index in [4.69, 9.17) is 5.73 Å². The Morgan fingerprint density at radius 2 is 2.31 bits per heavy atom. The lowest BCUT2D eigenvalue weighted by Crippen LogP contribution is -2.33. The Balaban J connectivity index is 2.38. The average Bonchev–Trinajstić information content (AvgIpc) is 2.54. The highest BCUT2D eigenvalue weighted by Crippen LogP contribution is 2.42. The predicted octanol–water partition coefficient (Wildman–Crippen LogP) is 3.04. The second-order valence-corrected chi connectivity index (χ2v) is 6.00. The molecule has 1 fully saturated rings. The Morgan fingerprint density at radius 1 is 1.54 bits per heavy atom. The van der Waals surface area contributed by atoms with Crippen molar-refractivity contribution >= 4 is 11.8 Å². The summed E-state index contributed by atoms with van der Waals surface area (Å²) in [7, 11) is 0. The van der Waals surface area contributed by atoms with Crippen molar-refractivity contribution in [1.29, 1.82) is 0 Å². The quantitative estimate of drug-likeness (QED) is 0.740. The van der Waals surface area contributed by atoms with E-state index in [0.29, 0.717) is 4.75 Å². The van der Waals surface area contributed by atoms with Crippen LogP contribution in [0.15, 0.2) is 0 Å². The van der Waals surface area contributed by atoms with Crippen molar-refractivity contribution in [3.8, 4) is 0 Å². The van der Waals surface area contributed by atoms with Gasteiger partial charge in [-0.3, -0.25) is 0 Å². The zero-order valence-electron chi connectivity index (χ0n) is 9.01. The number of nitrogens with two attached hydrogens (primary N) is 1. The lowest BCUT2D eigenvalue weighted by molar-refractivity contribution is 0.399. The van der Waals surface area contributed by atoms with Crippen LogP contribution in [-0.4, -0.2) is 17.0 Å². The van der Waals surface area contributed by atoms with Crippen molar-refractivity contribution in [3.05, 3.63) is 0 Å². The van der Waals surface area contributed by atoms with Gasteiger partial charge in [-0.1, -0.05) is 26.7 Å². The first-order valence-corrected chi connectivity index (χ1v) is 6.55. The Labute approximate surface area is 86.8 Å². The molecule has 78 valence electrons. The molecule has 0 radical (unpaired) electrons. The molecule has 1 rings (SSSR count). The minimum atomic E-state index is 0.453. The molecular formula is C11H23NS. The lowest BCUT2D eigenvalue weighted by Gasteiger charge is -2.29. The third-order valence-corrected chi connectivity index (χ3v) is 4.70. The van der Waals surface area contributed by atoms with Crippen LogP contribution in [0.25, 0.3) is 0 Å². The number of hydrogen-bond acceptors (Lipinski definition) is 2. The van der Waals surface area contributed by atoms with E-state index in [1.807, 2.05) is 0 Å². The van der Waals surface area contributed by atoms with Gasteiger partial charge in [-0.15, -0.1) is 0 Å². The Hall–Kier alpha value is 0.310. The van der Waals surface area contributed by atoms with E-state index in [-0.39, 0.29) is 0 Å². The van der Waals surface area contributed by atoms with Gasteiger partial charge in [0.05, 0.1) is 0 Å². The van der Waals surface area contributed by atoms with E-state index in [1.54, 1.807) is 0 Å². The van der Waals surface area contributed by atoms with E-state index in [9.17, 15) is 0 Å². The highest BCUT2D eigenvalue weighted by Gasteiger charge is 2.34. The maximum atomic E-state index is 5.89. The summed E-state index contributed by atoms with van der Waals surface area (Å²) in [6.07, 6.45) is 6.74. The van der Waals surface area contributed by atoms with Crippen LogP contribution in [0.2, 0.25) is 0 Å². The third-order valence-electron chi connectivity index (χ3n) is 3.06. The van der Waals surface area contributed by atoms with Crippen molar-refractivity contribution < 1.29 is 0 Å². The van der Waals surface area contributed by atoms with Gasteiger partial charge in [0.25, 0.3) is 0 Å². The molecule has 2 atom stereocenters. The second-order valence-electron chi connectivity index (χ2n) is 4.44. The van der Waals surface area contributed by atoms with Gasteiger partial charge in [0.15, 0.2) is 0 Å². The van der Waals surface area contributed by atoms with Crippen molar-refractivity contribution in [1.82, 2.24) is 0 Å². The average molecular weight is 201 g/mol. The largest absolute Gasteiger partial charge is 0.329 e. The van der Waals surface area contributed by atoms with Gasteiger partial charge in [0.1, 0.15) is 0 Å². The van der Waals surface area contributed by atoms with Crippen molar-refractivity contribution in [3.63, 3.8) is 0 Å². The van der Waals surface area contributed by atoms with Gasteiger partial charge in [-0.2, -0.15) is 11.8 Å². The minimum Gasteiger partial charge on any atom is -0.329 e. The normalized spacial score (nSPS) is 30.7. The summed E-state index contributed by atoms with van der Waals surface area (Å²) in [5.74, 6) is 2.19. The summed E-state index contributed by atoms with van der Waals surface area (Å²) in [6, 6.07) is 0. The molecule has 1 aliphatic rings. The molecule has 0 aliphatic carbocycles. The third kappa shape index (κ3) is 3.17. The van der Waals surface area contributed by atoms with Gasteiger partial charge in [0.2, 0.25) is 0 Å². The first kappa shape index (κ1) is 11.4. The molecule has 13 heavy (non-hydrogen) atoms. The van der Waals surface area contributed by atoms with Gasteiger partial charge >= 0.3 is 0 Å². The van der Waals surface area contributed by atoms with E-state index in [1.165, 1.54) is 37.9 Å². The van der Waals surface area contributed by atoms with Crippen LogP contribution in [0.5, 0.6) is 0 Å². The zero-order chi connectivity index (χ0) is 9.73. The molecule has 0 aromatic carbocycles. The number of hydrogen-bond donors (Lipinski definition) is 1. The lowest BCUT2D eigenvalue weighted by atomic mass is 9.89. The van der Waals surface area contributed by atoms with E-state index in [0.717, 1.165) is 12.5 Å². The zero-order valence-corrected chi connectivity index (χ0v) is 9.83. The maximum Gasteiger partial charge on any atom is 0.0285 e. The summed E-state index contributed by atoms with van der Waals surface area (Å²) in [4.78, 5) is 0. The Morgan fingerprint density at radius 3 is 2.77 bits per heavy atom. The molecule has 1 heterocycles. The fourth-order valence-electron chi connectivity index (χ4n) is 2.39. The van der Waals surface area contributed by atoms with Gasteiger partial charge in [0, 0.05) is 11.3 Å². The van der Waals surface area contributed by atoms with Crippen molar-refractivity contribution in [2.75, 3.05) is 12.3 Å². The molecule has 1 nitrogen and oxygen atoms in total. The molecule has 2 N–H and O–H groups in total. The molecule has 0 bridgehead atoms. The first-order valence-electron chi connectivity index (χ1n) is 5.56. The minimum absolute atomic E-state index is 0.453. The first-order chi connectivity index (χ1) is 6.22. The molecular weight excluding hydrogens is 178 g/mol. The van der Waals surface area contributed by atoms with Crippen molar-refractivity contribution in [2.45, 2.75) is 50.7 Å². The van der Waals surface area contributed by atoms with Crippen LogP contribution in [0, 0.1) is 5.92 Å². The highest BCUT2D eigenvalue weighted by molar-refractivity contribution is 8.00.